The van der Waals surface area contributed by atoms with Gasteiger partial charge in [0.25, 0.3) is 0 Å². The second-order valence-electron chi connectivity index (χ2n) is 6.80. The van der Waals surface area contributed by atoms with Crippen LogP contribution in [0.15, 0.2) is 47.5 Å². The van der Waals surface area contributed by atoms with Gasteiger partial charge in [-0.25, -0.2) is 4.99 Å². The van der Waals surface area contributed by atoms with Crippen molar-refractivity contribution in [2.24, 2.45) is 10.7 Å². The summed E-state index contributed by atoms with van der Waals surface area (Å²) in [6.07, 6.45) is 0.880. The van der Waals surface area contributed by atoms with Gasteiger partial charge in [0.2, 0.25) is 0 Å². The molecule has 2 heterocycles. The van der Waals surface area contributed by atoms with E-state index in [9.17, 15) is 0 Å². The van der Waals surface area contributed by atoms with Crippen LogP contribution in [0.25, 0.3) is 0 Å². The normalized spacial score (nSPS) is 17.1. The summed E-state index contributed by atoms with van der Waals surface area (Å²) < 4.78 is 16.7. The van der Waals surface area contributed by atoms with Gasteiger partial charge in [0, 0.05) is 37.0 Å². The predicted octanol–water partition coefficient (Wildman–Crippen LogP) is 2.61. The molecule has 2 aromatic rings. The Morgan fingerprint density at radius 2 is 1.71 bits per heavy atom. The summed E-state index contributed by atoms with van der Waals surface area (Å²) in [7, 11) is 0. The number of hydrogen-bond acceptors (Lipinski definition) is 5. The van der Waals surface area contributed by atoms with Gasteiger partial charge >= 0.3 is 0 Å². The van der Waals surface area contributed by atoms with Crippen LogP contribution < -0.4 is 25.4 Å². The second-order valence-corrected chi connectivity index (χ2v) is 6.80. The van der Waals surface area contributed by atoms with Crippen molar-refractivity contribution < 1.29 is 14.2 Å². The van der Waals surface area contributed by atoms with Crippen LogP contribution in [-0.4, -0.2) is 45.5 Å². The van der Waals surface area contributed by atoms with E-state index in [2.05, 4.69) is 39.5 Å². The van der Waals surface area contributed by atoms with Crippen molar-refractivity contribution in [2.75, 3.05) is 49.7 Å². The molecule has 1 saturated heterocycles. The van der Waals surface area contributed by atoms with Crippen LogP contribution in [-0.2, 0) is 11.3 Å². The molecule has 1 fully saturated rings. The first kappa shape index (κ1) is 18.4. The van der Waals surface area contributed by atoms with Gasteiger partial charge in [-0.05, 0) is 29.8 Å². The molecule has 0 unspecified atom stereocenters. The summed E-state index contributed by atoms with van der Waals surface area (Å²) in [5.74, 6) is 1.86. The fourth-order valence-corrected chi connectivity index (χ4v) is 3.24. The molecule has 0 aliphatic carbocycles. The van der Waals surface area contributed by atoms with E-state index in [1.807, 2.05) is 18.2 Å². The number of anilines is 2. The third-order valence-electron chi connectivity index (χ3n) is 4.76. The van der Waals surface area contributed by atoms with E-state index in [1.54, 1.807) is 0 Å². The van der Waals surface area contributed by atoms with Gasteiger partial charge in [0.05, 0.1) is 33.0 Å². The molecule has 2 aromatic carbocycles. The summed E-state index contributed by atoms with van der Waals surface area (Å²) >= 11 is 0. The highest BCUT2D eigenvalue weighted by atomic mass is 16.5. The molecule has 148 valence electrons. The molecule has 7 heteroatoms. The van der Waals surface area contributed by atoms with Crippen molar-refractivity contribution in [1.29, 1.82) is 0 Å². The smallest absolute Gasteiger partial charge is 0.193 e. The number of benzene rings is 2. The third kappa shape index (κ3) is 4.67. The first-order chi connectivity index (χ1) is 13.8. The van der Waals surface area contributed by atoms with Crippen LogP contribution in [0.5, 0.6) is 11.5 Å². The Balaban J connectivity index is 1.35. The number of nitrogens with one attached hydrogen (secondary N) is 1. The first-order valence-electron chi connectivity index (χ1n) is 9.66. The molecule has 2 aliphatic rings. The minimum Gasteiger partial charge on any atom is -0.490 e. The number of nitrogens with two attached hydrogens (primary N) is 1. The van der Waals surface area contributed by atoms with Crippen molar-refractivity contribution in [3.05, 3.63) is 48.0 Å². The van der Waals surface area contributed by atoms with Gasteiger partial charge in [0.1, 0.15) is 0 Å². The van der Waals surface area contributed by atoms with Gasteiger partial charge in [-0.2, -0.15) is 0 Å². The van der Waals surface area contributed by atoms with Gasteiger partial charge in [0.15, 0.2) is 17.5 Å². The van der Waals surface area contributed by atoms with E-state index < -0.39 is 0 Å². The Bertz CT molecular complexity index is 817. The molecule has 4 rings (SSSR count). The number of ether oxygens (including phenoxy) is 3. The Morgan fingerprint density at radius 1 is 0.964 bits per heavy atom. The van der Waals surface area contributed by atoms with Crippen molar-refractivity contribution in [3.63, 3.8) is 0 Å². The zero-order chi connectivity index (χ0) is 19.2. The van der Waals surface area contributed by atoms with E-state index in [4.69, 9.17) is 19.9 Å². The maximum atomic E-state index is 6.05. The molecule has 0 bridgehead atoms. The highest BCUT2D eigenvalue weighted by molar-refractivity contribution is 5.92. The Labute approximate surface area is 165 Å². The third-order valence-corrected chi connectivity index (χ3v) is 4.76. The summed E-state index contributed by atoms with van der Waals surface area (Å²) in [4.78, 5) is 6.77. The quantitative estimate of drug-likeness (QED) is 0.625. The molecule has 0 saturated carbocycles. The Morgan fingerprint density at radius 3 is 2.50 bits per heavy atom. The summed E-state index contributed by atoms with van der Waals surface area (Å²) in [6.45, 7) is 5.29. The highest BCUT2D eigenvalue weighted by Crippen LogP contribution is 2.32. The van der Waals surface area contributed by atoms with E-state index in [0.717, 1.165) is 55.5 Å². The molecule has 0 radical (unpaired) electrons. The first-order valence-corrected chi connectivity index (χ1v) is 9.66. The number of guanidine groups is 1. The fraction of sp³-hybridized carbons (Fsp3) is 0.381. The lowest BCUT2D eigenvalue weighted by atomic mass is 10.2. The molecule has 3 N–H and O–H groups in total. The number of hydrogen-bond donors (Lipinski definition) is 2. The average molecular weight is 382 g/mol. The van der Waals surface area contributed by atoms with E-state index in [0.29, 0.717) is 25.7 Å². The van der Waals surface area contributed by atoms with E-state index >= 15 is 0 Å². The van der Waals surface area contributed by atoms with Gasteiger partial charge in [-0.3, -0.25) is 0 Å². The zero-order valence-corrected chi connectivity index (χ0v) is 15.9. The molecular weight excluding hydrogens is 356 g/mol. The molecule has 0 amide bonds. The predicted molar refractivity (Wildman–Crippen MR) is 110 cm³/mol. The number of morpholine rings is 1. The average Bonchev–Trinajstić information content (AvgIpc) is 2.98. The highest BCUT2D eigenvalue weighted by Gasteiger charge is 2.12. The van der Waals surface area contributed by atoms with Crippen LogP contribution in [0.2, 0.25) is 0 Å². The fourth-order valence-electron chi connectivity index (χ4n) is 3.24. The van der Waals surface area contributed by atoms with Crippen LogP contribution in [0.3, 0.4) is 0 Å². The number of aliphatic imine (C=N–C) groups is 1. The van der Waals surface area contributed by atoms with Crippen LogP contribution in [0.4, 0.5) is 11.4 Å². The largest absolute Gasteiger partial charge is 0.490 e. The maximum Gasteiger partial charge on any atom is 0.193 e. The lowest BCUT2D eigenvalue weighted by molar-refractivity contribution is 0.122. The minimum absolute atomic E-state index is 0.367. The van der Waals surface area contributed by atoms with Crippen LogP contribution >= 0.6 is 0 Å². The monoisotopic (exact) mass is 382 g/mol. The summed E-state index contributed by atoms with van der Waals surface area (Å²) in [5, 5.41) is 3.12. The standard InChI is InChI=1S/C21H26N4O3/c22-21(24-17-4-7-19-20(14-17)28-11-1-10-27-19)23-15-16-2-5-18(6-3-16)25-8-12-26-13-9-25/h2-7,14H,1,8-13,15H2,(H3,22,23,24). The zero-order valence-electron chi connectivity index (χ0n) is 15.9. The lowest BCUT2D eigenvalue weighted by Crippen LogP contribution is -2.36. The number of nitrogens with zero attached hydrogens (tertiary/aromatic N) is 2. The number of rotatable bonds is 4. The van der Waals surface area contributed by atoms with Crippen molar-refractivity contribution in [2.45, 2.75) is 13.0 Å². The van der Waals surface area contributed by atoms with Crippen molar-refractivity contribution in [1.82, 2.24) is 0 Å². The molecule has 7 nitrogen and oxygen atoms in total. The minimum atomic E-state index is 0.367. The van der Waals surface area contributed by atoms with Gasteiger partial charge < -0.3 is 30.2 Å². The van der Waals surface area contributed by atoms with E-state index in [-0.39, 0.29) is 0 Å². The van der Waals surface area contributed by atoms with Gasteiger partial charge in [-0.1, -0.05) is 12.1 Å². The molecule has 28 heavy (non-hydrogen) atoms. The molecule has 2 aliphatic heterocycles. The summed E-state index contributed by atoms with van der Waals surface area (Å²) in [5.41, 5.74) is 9.21. The lowest BCUT2D eigenvalue weighted by Gasteiger charge is -2.28. The molecule has 0 aromatic heterocycles. The van der Waals surface area contributed by atoms with Crippen molar-refractivity contribution in [3.8, 4) is 11.5 Å². The second kappa shape index (κ2) is 8.84. The van der Waals surface area contributed by atoms with Gasteiger partial charge in [-0.15, -0.1) is 0 Å². The van der Waals surface area contributed by atoms with Crippen molar-refractivity contribution >= 4 is 17.3 Å². The Hall–Kier alpha value is -2.93. The summed E-state index contributed by atoms with van der Waals surface area (Å²) in [6, 6.07) is 14.1. The molecule has 0 atom stereocenters. The maximum absolute atomic E-state index is 6.05. The van der Waals surface area contributed by atoms with Crippen LogP contribution in [0.1, 0.15) is 12.0 Å². The SMILES string of the molecule is NC(=NCc1ccc(N2CCOCC2)cc1)Nc1ccc2c(c1)OCCCO2. The number of fused-ring (bicyclic) bond motifs is 1. The van der Waals surface area contributed by atoms with Crippen LogP contribution in [0, 0.1) is 0 Å². The van der Waals surface area contributed by atoms with E-state index in [1.165, 1.54) is 5.69 Å². The molecular formula is C21H26N4O3. The topological polar surface area (TPSA) is 81.3 Å². The molecule has 0 spiro atoms. The Kier molecular flexibility index (Phi) is 5.82.